The number of carbonyl (C=O) groups is 2. The van der Waals surface area contributed by atoms with Gasteiger partial charge in [-0.05, 0) is 43.0 Å². The molecule has 1 atom stereocenters. The van der Waals surface area contributed by atoms with E-state index in [1.807, 2.05) is 29.1 Å². The number of nitrogens with one attached hydrogen (secondary N) is 1. The summed E-state index contributed by atoms with van der Waals surface area (Å²) in [5.74, 6) is -0.0178. The monoisotopic (exact) mass is 458 g/mol. The lowest BCUT2D eigenvalue weighted by atomic mass is 10.00. The van der Waals surface area contributed by atoms with Gasteiger partial charge in [0.1, 0.15) is 0 Å². The highest BCUT2D eigenvalue weighted by Gasteiger charge is 2.31. The van der Waals surface area contributed by atoms with Crippen molar-refractivity contribution in [2.45, 2.75) is 48.8 Å². The van der Waals surface area contributed by atoms with Crippen LogP contribution in [0.25, 0.3) is 0 Å². The van der Waals surface area contributed by atoms with Crippen LogP contribution in [0.5, 0.6) is 0 Å². The minimum Gasteiger partial charge on any atom is -0.365 e. The van der Waals surface area contributed by atoms with E-state index in [0.29, 0.717) is 19.6 Å². The highest BCUT2D eigenvalue weighted by atomic mass is 32.2. The van der Waals surface area contributed by atoms with Crippen molar-refractivity contribution < 1.29 is 9.59 Å². The average molecular weight is 459 g/mol. The maximum absolute atomic E-state index is 13.5. The van der Waals surface area contributed by atoms with Gasteiger partial charge in [-0.1, -0.05) is 49.6 Å². The Morgan fingerprint density at radius 2 is 2.13 bits per heavy atom. The fourth-order valence-corrected chi connectivity index (χ4v) is 5.74. The van der Waals surface area contributed by atoms with E-state index in [2.05, 4.69) is 43.7 Å². The van der Waals surface area contributed by atoms with Gasteiger partial charge in [-0.25, -0.2) is 4.98 Å². The van der Waals surface area contributed by atoms with Gasteiger partial charge in [-0.2, -0.15) is 0 Å². The molecule has 0 aliphatic carbocycles. The van der Waals surface area contributed by atoms with Crippen LogP contribution >= 0.6 is 23.1 Å². The van der Waals surface area contributed by atoms with Crippen LogP contribution in [0.1, 0.15) is 41.8 Å². The van der Waals surface area contributed by atoms with Crippen molar-refractivity contribution in [2.24, 2.45) is 0 Å². The van der Waals surface area contributed by atoms with Crippen molar-refractivity contribution in [1.29, 1.82) is 0 Å². The zero-order chi connectivity index (χ0) is 22.5. The van der Waals surface area contributed by atoms with Crippen LogP contribution in [-0.2, 0) is 11.2 Å². The van der Waals surface area contributed by atoms with Gasteiger partial charge in [-0.3, -0.25) is 9.59 Å². The van der Waals surface area contributed by atoms with Crippen molar-refractivity contribution in [3.05, 3.63) is 47.7 Å². The Balaban J connectivity index is 1.85. The molecule has 1 N–H and O–H groups in total. The van der Waals surface area contributed by atoms with Crippen LogP contribution in [0.4, 0.5) is 5.13 Å². The summed E-state index contributed by atoms with van der Waals surface area (Å²) in [7, 11) is 1.86. The summed E-state index contributed by atoms with van der Waals surface area (Å²) in [6.45, 7) is 11.4. The van der Waals surface area contributed by atoms with E-state index in [-0.39, 0.29) is 17.9 Å². The number of hydrogen-bond acceptors (Lipinski definition) is 6. The number of anilines is 1. The van der Waals surface area contributed by atoms with Crippen molar-refractivity contribution >= 4 is 40.0 Å². The molecule has 0 saturated carbocycles. The highest BCUT2D eigenvalue weighted by molar-refractivity contribution is 8.01. The van der Waals surface area contributed by atoms with Gasteiger partial charge in [0.2, 0.25) is 5.91 Å². The molecule has 31 heavy (non-hydrogen) atoms. The molecule has 2 aromatic rings. The lowest BCUT2D eigenvalue weighted by Gasteiger charge is -2.41. The molecule has 0 bridgehead atoms. The van der Waals surface area contributed by atoms with Crippen LogP contribution in [0.3, 0.4) is 0 Å². The van der Waals surface area contributed by atoms with Crippen LogP contribution in [0, 0.1) is 6.92 Å². The van der Waals surface area contributed by atoms with Crippen molar-refractivity contribution in [2.75, 3.05) is 32.0 Å². The van der Waals surface area contributed by atoms with Gasteiger partial charge in [0.15, 0.2) is 5.13 Å². The molecule has 0 radical (unpaired) electrons. The molecule has 1 aliphatic rings. The second-order valence-electron chi connectivity index (χ2n) is 7.51. The fourth-order valence-electron chi connectivity index (χ4n) is 3.85. The standard InChI is InChI=1S/C23H30N4O2S2/c1-6-16-11-15(4)19(30-21-13-25-23(24-5)31-21)12-18(16)22(29)26-9-10-27(20(28)8-3)17(7-2)14-26/h8,11-13,17H,3,6-7,9-10,14H2,1-2,4-5H3,(H,24,25). The summed E-state index contributed by atoms with van der Waals surface area (Å²) >= 11 is 3.24. The molecule has 3 rings (SSSR count). The molecule has 1 aromatic heterocycles. The van der Waals surface area contributed by atoms with Crippen LogP contribution < -0.4 is 5.32 Å². The second-order valence-corrected chi connectivity index (χ2v) is 9.89. The normalized spacial score (nSPS) is 16.3. The second kappa shape index (κ2) is 10.3. The first-order valence-corrected chi connectivity index (χ1v) is 12.2. The SMILES string of the molecule is C=CC(=O)N1CCN(C(=O)c2cc(Sc3cnc(NC)s3)c(C)cc2CC)CC1CC. The van der Waals surface area contributed by atoms with E-state index in [1.54, 1.807) is 23.1 Å². The predicted molar refractivity (Wildman–Crippen MR) is 128 cm³/mol. The largest absolute Gasteiger partial charge is 0.365 e. The Hall–Kier alpha value is -2.32. The number of benzene rings is 1. The third kappa shape index (κ3) is 5.13. The Bertz CT molecular complexity index is 972. The first-order chi connectivity index (χ1) is 14.9. The molecule has 1 aromatic carbocycles. The zero-order valence-electron chi connectivity index (χ0n) is 18.6. The number of aryl methyl sites for hydroxylation is 2. The summed E-state index contributed by atoms with van der Waals surface area (Å²) in [5, 5.41) is 3.94. The molecule has 1 unspecified atom stereocenters. The van der Waals surface area contributed by atoms with Gasteiger partial charge in [0.05, 0.1) is 10.4 Å². The lowest BCUT2D eigenvalue weighted by Crippen LogP contribution is -2.56. The smallest absolute Gasteiger partial charge is 0.254 e. The maximum Gasteiger partial charge on any atom is 0.254 e. The predicted octanol–water partition coefficient (Wildman–Crippen LogP) is 4.46. The molecule has 8 heteroatoms. The van der Waals surface area contributed by atoms with Gasteiger partial charge in [0, 0.05) is 43.2 Å². The Morgan fingerprint density at radius 1 is 1.35 bits per heavy atom. The molecule has 2 amide bonds. The first kappa shape index (κ1) is 23.3. The first-order valence-electron chi connectivity index (χ1n) is 10.6. The number of carbonyl (C=O) groups excluding carboxylic acids is 2. The summed E-state index contributed by atoms with van der Waals surface area (Å²) in [6, 6.07) is 4.18. The minimum absolute atomic E-state index is 0.0183. The molecular weight excluding hydrogens is 428 g/mol. The van der Waals surface area contributed by atoms with E-state index in [9.17, 15) is 9.59 Å². The molecule has 1 fully saturated rings. The van der Waals surface area contributed by atoms with Crippen molar-refractivity contribution in [3.8, 4) is 0 Å². The molecule has 1 saturated heterocycles. The minimum atomic E-state index is -0.0623. The zero-order valence-corrected chi connectivity index (χ0v) is 20.2. The number of nitrogens with zero attached hydrogens (tertiary/aromatic N) is 3. The molecule has 2 heterocycles. The summed E-state index contributed by atoms with van der Waals surface area (Å²) < 4.78 is 1.08. The molecule has 1 aliphatic heterocycles. The lowest BCUT2D eigenvalue weighted by molar-refractivity contribution is -0.130. The van der Waals surface area contributed by atoms with Crippen molar-refractivity contribution in [3.63, 3.8) is 0 Å². The fraction of sp³-hybridized carbons (Fsp3) is 0.435. The number of amides is 2. The van der Waals surface area contributed by atoms with E-state index in [0.717, 1.165) is 43.8 Å². The topological polar surface area (TPSA) is 65.5 Å². The molecular formula is C23H30N4O2S2. The molecule has 6 nitrogen and oxygen atoms in total. The number of thiazole rings is 1. The number of aromatic nitrogens is 1. The Labute approximate surface area is 192 Å². The summed E-state index contributed by atoms with van der Waals surface area (Å²) in [5.41, 5.74) is 2.97. The average Bonchev–Trinajstić information content (AvgIpc) is 3.26. The van der Waals surface area contributed by atoms with E-state index >= 15 is 0 Å². The van der Waals surface area contributed by atoms with Crippen LogP contribution in [-0.4, -0.2) is 59.3 Å². The third-order valence-electron chi connectivity index (χ3n) is 5.62. The number of rotatable bonds is 7. The van der Waals surface area contributed by atoms with Gasteiger partial charge in [-0.15, -0.1) is 0 Å². The quantitative estimate of drug-likeness (QED) is 0.621. The van der Waals surface area contributed by atoms with Crippen molar-refractivity contribution in [1.82, 2.24) is 14.8 Å². The maximum atomic E-state index is 13.5. The van der Waals surface area contributed by atoms with E-state index in [1.165, 1.54) is 6.08 Å². The highest BCUT2D eigenvalue weighted by Crippen LogP contribution is 2.37. The van der Waals surface area contributed by atoms with E-state index < -0.39 is 0 Å². The third-order valence-corrected chi connectivity index (χ3v) is 7.90. The molecule has 0 spiro atoms. The number of hydrogen-bond donors (Lipinski definition) is 1. The van der Waals surface area contributed by atoms with Crippen LogP contribution in [0.15, 0.2) is 40.1 Å². The summed E-state index contributed by atoms with van der Waals surface area (Å²) in [4.78, 5) is 34.8. The Kier molecular flexibility index (Phi) is 7.78. The Morgan fingerprint density at radius 3 is 2.74 bits per heavy atom. The summed E-state index contributed by atoms with van der Waals surface area (Å²) in [6.07, 6.45) is 4.82. The van der Waals surface area contributed by atoms with Gasteiger partial charge < -0.3 is 15.1 Å². The van der Waals surface area contributed by atoms with Crippen LogP contribution in [0.2, 0.25) is 0 Å². The van der Waals surface area contributed by atoms with Gasteiger partial charge in [0.25, 0.3) is 5.91 Å². The number of piperazine rings is 1. The molecule has 166 valence electrons. The van der Waals surface area contributed by atoms with Gasteiger partial charge >= 0.3 is 0 Å². The van der Waals surface area contributed by atoms with E-state index in [4.69, 9.17) is 0 Å².